The first kappa shape index (κ1) is 31.8. The number of ether oxygens (including phenoxy) is 2. The number of nitrogens with two attached hydrogens (primary N) is 1. The molecule has 0 aliphatic rings. The summed E-state index contributed by atoms with van der Waals surface area (Å²) >= 11 is 0. The van der Waals surface area contributed by atoms with Gasteiger partial charge in [-0.3, -0.25) is 14.4 Å². The second kappa shape index (κ2) is 16.5. The Morgan fingerprint density at radius 3 is 2.17 bits per heavy atom. The summed E-state index contributed by atoms with van der Waals surface area (Å²) in [4.78, 5) is 60.9. The van der Waals surface area contributed by atoms with E-state index in [4.69, 9.17) is 15.2 Å². The Morgan fingerprint density at radius 1 is 0.900 bits per heavy atom. The Hall–Kier alpha value is -4.41. The minimum Gasteiger partial charge on any atom is -0.461 e. The Labute approximate surface area is 234 Å². The van der Waals surface area contributed by atoms with Gasteiger partial charge in [-0.15, -0.1) is 0 Å². The highest BCUT2D eigenvalue weighted by atomic mass is 16.5. The van der Waals surface area contributed by atoms with Gasteiger partial charge >= 0.3 is 18.0 Å². The van der Waals surface area contributed by atoms with Crippen LogP contribution in [0.2, 0.25) is 0 Å². The predicted molar refractivity (Wildman–Crippen MR) is 148 cm³/mol. The normalized spacial score (nSPS) is 12.1. The highest BCUT2D eigenvalue weighted by Gasteiger charge is 2.29. The molecular weight excluding hydrogens is 516 g/mol. The number of nitrogens with one attached hydrogen (secondary N) is 3. The fraction of sp³-hybridized carbons (Fsp3) is 0.414. The number of primary amides is 1. The van der Waals surface area contributed by atoms with Gasteiger partial charge in [0.25, 0.3) is 0 Å². The maximum Gasteiger partial charge on any atom is 0.334 e. The van der Waals surface area contributed by atoms with Crippen LogP contribution in [0.15, 0.2) is 54.6 Å². The van der Waals surface area contributed by atoms with Crippen molar-refractivity contribution in [2.24, 2.45) is 11.7 Å². The van der Waals surface area contributed by atoms with Crippen molar-refractivity contribution in [3.63, 3.8) is 0 Å². The summed E-state index contributed by atoms with van der Waals surface area (Å²) in [5.74, 6) is -1.94. The third-order valence-corrected chi connectivity index (χ3v) is 5.90. The molecule has 2 aromatic rings. The molecule has 4 amide bonds. The molecule has 0 aliphatic heterocycles. The minimum atomic E-state index is -1.05. The second-order valence-corrected chi connectivity index (χ2v) is 9.61. The second-order valence-electron chi connectivity index (χ2n) is 9.61. The molecule has 0 aliphatic carbocycles. The predicted octanol–water partition coefficient (Wildman–Crippen LogP) is 2.36. The van der Waals surface area contributed by atoms with Crippen LogP contribution in [0.4, 0.5) is 4.79 Å². The van der Waals surface area contributed by atoms with E-state index in [0.29, 0.717) is 18.4 Å². The Morgan fingerprint density at radius 2 is 1.57 bits per heavy atom. The number of carbonyl (C=O) groups is 5. The first-order valence-corrected chi connectivity index (χ1v) is 13.2. The van der Waals surface area contributed by atoms with E-state index in [0.717, 1.165) is 5.56 Å². The number of esters is 2. The summed E-state index contributed by atoms with van der Waals surface area (Å²) in [5.41, 5.74) is 6.82. The third kappa shape index (κ3) is 12.0. The number of hydrogen-bond acceptors (Lipinski definition) is 7. The van der Waals surface area contributed by atoms with Gasteiger partial charge in [0.15, 0.2) is 0 Å². The van der Waals surface area contributed by atoms with Crippen LogP contribution >= 0.6 is 0 Å². The van der Waals surface area contributed by atoms with Crippen molar-refractivity contribution in [2.45, 2.75) is 65.1 Å². The molecule has 2 rings (SSSR count). The van der Waals surface area contributed by atoms with Crippen LogP contribution < -0.4 is 26.4 Å². The SMILES string of the molecule is CC(=O)OCc1ccc(OC(=O)[C@H](CCCNC(N)=O)NC(=O)C(NC(=O)CCc2ccccc2)C(C)C)cc1. The summed E-state index contributed by atoms with van der Waals surface area (Å²) in [6.45, 7) is 5.18. The average molecular weight is 555 g/mol. The maximum atomic E-state index is 13.2. The van der Waals surface area contributed by atoms with Gasteiger partial charge in [0, 0.05) is 19.9 Å². The lowest BCUT2D eigenvalue weighted by molar-refractivity contribution is -0.142. The van der Waals surface area contributed by atoms with Crippen molar-refractivity contribution >= 4 is 29.8 Å². The van der Waals surface area contributed by atoms with Crippen LogP contribution in [0.5, 0.6) is 5.75 Å². The molecule has 0 bridgehead atoms. The molecule has 0 saturated heterocycles. The Kier molecular flexibility index (Phi) is 13.1. The summed E-state index contributed by atoms with van der Waals surface area (Å²) < 4.78 is 10.4. The van der Waals surface area contributed by atoms with Gasteiger partial charge in [0.1, 0.15) is 24.4 Å². The number of amides is 4. The highest BCUT2D eigenvalue weighted by Crippen LogP contribution is 2.15. The van der Waals surface area contributed by atoms with E-state index in [-0.39, 0.29) is 43.6 Å². The van der Waals surface area contributed by atoms with Gasteiger partial charge in [-0.05, 0) is 48.4 Å². The van der Waals surface area contributed by atoms with Crippen molar-refractivity contribution in [3.8, 4) is 5.75 Å². The number of aryl methyl sites for hydroxylation is 1. The summed E-state index contributed by atoms with van der Waals surface area (Å²) in [7, 11) is 0. The number of benzene rings is 2. The molecule has 0 radical (unpaired) electrons. The van der Waals surface area contributed by atoms with Gasteiger partial charge in [0.05, 0.1) is 0 Å². The van der Waals surface area contributed by atoms with Crippen molar-refractivity contribution in [1.29, 1.82) is 0 Å². The number of urea groups is 1. The van der Waals surface area contributed by atoms with Crippen LogP contribution in [0.25, 0.3) is 0 Å². The monoisotopic (exact) mass is 554 g/mol. The Balaban J connectivity index is 2.04. The molecular formula is C29H38N4O7. The molecule has 0 fully saturated rings. The molecule has 2 atom stereocenters. The largest absolute Gasteiger partial charge is 0.461 e. The van der Waals surface area contributed by atoms with Crippen molar-refractivity contribution in [1.82, 2.24) is 16.0 Å². The third-order valence-electron chi connectivity index (χ3n) is 5.90. The summed E-state index contributed by atoms with van der Waals surface area (Å²) in [5, 5.41) is 7.92. The quantitative estimate of drug-likeness (QED) is 0.149. The van der Waals surface area contributed by atoms with Crippen molar-refractivity contribution in [3.05, 3.63) is 65.7 Å². The lowest BCUT2D eigenvalue weighted by Crippen LogP contribution is -2.54. The van der Waals surface area contributed by atoms with Crippen molar-refractivity contribution < 1.29 is 33.4 Å². The Bertz CT molecular complexity index is 1140. The van der Waals surface area contributed by atoms with Gasteiger partial charge in [-0.25, -0.2) is 9.59 Å². The summed E-state index contributed by atoms with van der Waals surface area (Å²) in [6.07, 6.45) is 1.22. The van der Waals surface area contributed by atoms with E-state index in [1.165, 1.54) is 6.92 Å². The lowest BCUT2D eigenvalue weighted by atomic mass is 10.0. The van der Waals surface area contributed by atoms with Gasteiger partial charge in [-0.1, -0.05) is 56.3 Å². The first-order valence-electron chi connectivity index (χ1n) is 13.2. The number of rotatable bonds is 15. The van der Waals surface area contributed by atoms with Gasteiger partial charge in [-0.2, -0.15) is 0 Å². The fourth-order valence-corrected chi connectivity index (χ4v) is 3.74. The van der Waals surface area contributed by atoms with Crippen LogP contribution in [0.3, 0.4) is 0 Å². The molecule has 11 nitrogen and oxygen atoms in total. The van der Waals surface area contributed by atoms with E-state index >= 15 is 0 Å². The molecule has 0 heterocycles. The van der Waals surface area contributed by atoms with Crippen LogP contribution in [0.1, 0.15) is 51.2 Å². The molecule has 11 heteroatoms. The molecule has 1 unspecified atom stereocenters. The standard InChI is InChI=1S/C29H38N4O7/c1-19(2)26(33-25(35)16-13-21-8-5-4-6-9-21)27(36)32-24(10-7-17-31-29(30)38)28(37)40-23-14-11-22(12-15-23)18-39-20(3)34/h4-6,8-9,11-12,14-15,19,24,26H,7,10,13,16-18H2,1-3H3,(H,32,36)(H,33,35)(H3,30,31,38)/t24-,26?/m0/s1. The van der Waals surface area contributed by atoms with E-state index < -0.39 is 36.0 Å². The lowest BCUT2D eigenvalue weighted by Gasteiger charge is -2.25. The molecule has 0 spiro atoms. The zero-order chi connectivity index (χ0) is 29.5. The molecule has 2 aromatic carbocycles. The van der Waals surface area contributed by atoms with E-state index in [2.05, 4.69) is 16.0 Å². The zero-order valence-corrected chi connectivity index (χ0v) is 23.1. The fourth-order valence-electron chi connectivity index (χ4n) is 3.74. The van der Waals surface area contributed by atoms with Crippen molar-refractivity contribution in [2.75, 3.05) is 6.54 Å². The minimum absolute atomic E-state index is 0.0861. The van der Waals surface area contributed by atoms with E-state index in [9.17, 15) is 24.0 Å². The first-order chi connectivity index (χ1) is 19.0. The molecule has 5 N–H and O–H groups in total. The van der Waals surface area contributed by atoms with Crippen LogP contribution in [-0.4, -0.2) is 48.4 Å². The van der Waals surface area contributed by atoms with Gasteiger partial charge < -0.3 is 31.2 Å². The highest BCUT2D eigenvalue weighted by molar-refractivity contribution is 5.91. The molecule has 40 heavy (non-hydrogen) atoms. The topological polar surface area (TPSA) is 166 Å². The van der Waals surface area contributed by atoms with E-state index in [1.807, 2.05) is 30.3 Å². The number of hydrogen-bond donors (Lipinski definition) is 4. The number of carbonyl (C=O) groups excluding carboxylic acids is 5. The smallest absolute Gasteiger partial charge is 0.334 e. The molecule has 216 valence electrons. The maximum absolute atomic E-state index is 13.2. The van der Waals surface area contributed by atoms with Crippen LogP contribution in [0, 0.1) is 5.92 Å². The summed E-state index contributed by atoms with van der Waals surface area (Å²) in [6, 6.07) is 13.3. The zero-order valence-electron chi connectivity index (χ0n) is 23.1. The van der Waals surface area contributed by atoms with Crippen LogP contribution in [-0.2, 0) is 36.9 Å². The average Bonchev–Trinajstić information content (AvgIpc) is 2.91. The van der Waals surface area contributed by atoms with Gasteiger partial charge in [0.2, 0.25) is 11.8 Å². The molecule has 0 saturated carbocycles. The van der Waals surface area contributed by atoms with E-state index in [1.54, 1.807) is 38.1 Å². The molecule has 0 aromatic heterocycles.